The second-order valence-electron chi connectivity index (χ2n) is 7.56. The minimum absolute atomic E-state index is 0.212. The Morgan fingerprint density at radius 1 is 1.31 bits per heavy atom. The standard InChI is InChI=1S/C21H27N3O5/c1-14-2-5-19(24-12-14)29-13-18(22)21(27,20(25)26)11-16-10-17(6-8-23-16)28-9-7-15-3-4-15/h2,5-6,8,10,12,15,18,27H,3-4,7,9,11,13,22H2,1H3,(H,25,26)/t18-,21+/m0/s1. The highest BCUT2D eigenvalue weighted by atomic mass is 16.5. The van der Waals surface area contributed by atoms with Gasteiger partial charge in [-0.2, -0.15) is 0 Å². The van der Waals surface area contributed by atoms with Crippen LogP contribution >= 0.6 is 0 Å². The van der Waals surface area contributed by atoms with E-state index in [9.17, 15) is 15.0 Å². The number of carboxylic acids is 1. The van der Waals surface area contributed by atoms with Crippen LogP contribution in [0.2, 0.25) is 0 Å². The summed E-state index contributed by atoms with van der Waals surface area (Å²) in [6.45, 7) is 2.28. The molecular weight excluding hydrogens is 374 g/mol. The number of rotatable bonds is 11. The van der Waals surface area contributed by atoms with Crippen LogP contribution in [0.15, 0.2) is 36.7 Å². The molecule has 1 aliphatic rings. The molecule has 8 nitrogen and oxygen atoms in total. The lowest BCUT2D eigenvalue weighted by Gasteiger charge is -2.29. The zero-order chi connectivity index (χ0) is 20.9. The van der Waals surface area contributed by atoms with Gasteiger partial charge < -0.3 is 25.4 Å². The first-order valence-electron chi connectivity index (χ1n) is 9.71. The van der Waals surface area contributed by atoms with Crippen LogP contribution in [0.3, 0.4) is 0 Å². The van der Waals surface area contributed by atoms with Gasteiger partial charge in [0.05, 0.1) is 12.6 Å². The molecule has 1 fully saturated rings. The predicted octanol–water partition coefficient (Wildman–Crippen LogP) is 1.73. The first-order valence-corrected chi connectivity index (χ1v) is 9.71. The number of carboxylic acid groups (broad SMARTS) is 1. The average molecular weight is 401 g/mol. The molecule has 0 spiro atoms. The molecule has 2 atom stereocenters. The number of nitrogens with two attached hydrogens (primary N) is 1. The molecule has 4 N–H and O–H groups in total. The number of aliphatic carboxylic acids is 1. The van der Waals surface area contributed by atoms with Crippen LogP contribution in [0, 0.1) is 12.8 Å². The third kappa shape index (κ3) is 5.88. The lowest BCUT2D eigenvalue weighted by molar-refractivity contribution is -0.161. The van der Waals surface area contributed by atoms with E-state index in [0.29, 0.717) is 23.9 Å². The Bertz CT molecular complexity index is 825. The van der Waals surface area contributed by atoms with E-state index >= 15 is 0 Å². The molecule has 2 aromatic rings. The van der Waals surface area contributed by atoms with Gasteiger partial charge in [0.25, 0.3) is 0 Å². The van der Waals surface area contributed by atoms with Crippen LogP contribution in [0.4, 0.5) is 0 Å². The molecule has 1 aliphatic carbocycles. The molecule has 3 rings (SSSR count). The number of nitrogens with zero attached hydrogens (tertiary/aromatic N) is 2. The van der Waals surface area contributed by atoms with Crippen molar-refractivity contribution in [3.8, 4) is 11.6 Å². The van der Waals surface area contributed by atoms with Crippen LogP contribution in [-0.4, -0.2) is 51.0 Å². The fourth-order valence-corrected chi connectivity index (χ4v) is 2.89. The van der Waals surface area contributed by atoms with Gasteiger partial charge in [0.2, 0.25) is 5.88 Å². The van der Waals surface area contributed by atoms with Gasteiger partial charge in [-0.25, -0.2) is 9.78 Å². The first-order chi connectivity index (χ1) is 13.9. The SMILES string of the molecule is Cc1ccc(OC[C@H](N)[C@](O)(Cc2cc(OCCC3CC3)ccn2)C(=O)O)nc1. The smallest absolute Gasteiger partial charge is 0.337 e. The summed E-state index contributed by atoms with van der Waals surface area (Å²) in [5.41, 5.74) is 5.09. The number of hydrogen-bond donors (Lipinski definition) is 3. The fourth-order valence-electron chi connectivity index (χ4n) is 2.89. The van der Waals surface area contributed by atoms with E-state index in [0.717, 1.165) is 17.9 Å². The van der Waals surface area contributed by atoms with Crippen molar-refractivity contribution < 1.29 is 24.5 Å². The molecule has 2 aromatic heterocycles. The van der Waals surface area contributed by atoms with Crippen LogP contribution in [0.1, 0.15) is 30.5 Å². The maximum Gasteiger partial charge on any atom is 0.337 e. The fraction of sp³-hybridized carbons (Fsp3) is 0.476. The summed E-state index contributed by atoms with van der Waals surface area (Å²) in [6.07, 6.45) is 6.41. The molecule has 0 aliphatic heterocycles. The van der Waals surface area contributed by atoms with Crippen molar-refractivity contribution in [1.82, 2.24) is 9.97 Å². The first kappa shape index (κ1) is 21.0. The highest BCUT2D eigenvalue weighted by molar-refractivity contribution is 5.78. The summed E-state index contributed by atoms with van der Waals surface area (Å²) >= 11 is 0. The Morgan fingerprint density at radius 2 is 2.10 bits per heavy atom. The quantitative estimate of drug-likeness (QED) is 0.519. The molecule has 2 heterocycles. The van der Waals surface area contributed by atoms with Crippen LogP contribution in [0.25, 0.3) is 0 Å². The lowest BCUT2D eigenvalue weighted by Crippen LogP contribution is -2.58. The molecular formula is C21H27N3O5. The summed E-state index contributed by atoms with van der Waals surface area (Å²) in [7, 11) is 0. The largest absolute Gasteiger partial charge is 0.493 e. The Kier molecular flexibility index (Phi) is 6.66. The van der Waals surface area contributed by atoms with Gasteiger partial charge in [0.1, 0.15) is 12.4 Å². The van der Waals surface area contributed by atoms with Gasteiger partial charge in [0, 0.05) is 36.6 Å². The van der Waals surface area contributed by atoms with Crippen molar-refractivity contribution in [3.05, 3.63) is 47.9 Å². The Balaban J connectivity index is 1.62. The number of carbonyl (C=O) groups is 1. The Hall–Kier alpha value is -2.71. The summed E-state index contributed by atoms with van der Waals surface area (Å²) < 4.78 is 11.2. The van der Waals surface area contributed by atoms with Crippen molar-refractivity contribution in [2.75, 3.05) is 13.2 Å². The maximum atomic E-state index is 11.8. The summed E-state index contributed by atoms with van der Waals surface area (Å²) in [5.74, 6) is 0.224. The predicted molar refractivity (Wildman–Crippen MR) is 106 cm³/mol. The molecule has 0 unspecified atom stereocenters. The molecule has 156 valence electrons. The van der Waals surface area contributed by atoms with Crippen LogP contribution in [-0.2, 0) is 11.2 Å². The minimum Gasteiger partial charge on any atom is -0.493 e. The van der Waals surface area contributed by atoms with E-state index in [1.807, 2.05) is 13.0 Å². The van der Waals surface area contributed by atoms with Crippen molar-refractivity contribution in [2.45, 2.75) is 44.2 Å². The molecule has 0 amide bonds. The van der Waals surface area contributed by atoms with Crippen molar-refractivity contribution in [2.24, 2.45) is 11.7 Å². The van der Waals surface area contributed by atoms with Gasteiger partial charge in [0.15, 0.2) is 5.60 Å². The number of pyridine rings is 2. The second kappa shape index (κ2) is 9.19. The highest BCUT2D eigenvalue weighted by Crippen LogP contribution is 2.32. The third-order valence-electron chi connectivity index (χ3n) is 5.01. The van der Waals surface area contributed by atoms with Crippen molar-refractivity contribution in [3.63, 3.8) is 0 Å². The van der Waals surface area contributed by atoms with Gasteiger partial charge in [-0.05, 0) is 30.9 Å². The number of hydrogen-bond acceptors (Lipinski definition) is 7. The van der Waals surface area contributed by atoms with E-state index in [1.54, 1.807) is 24.4 Å². The van der Waals surface area contributed by atoms with Gasteiger partial charge in [-0.1, -0.05) is 18.9 Å². The summed E-state index contributed by atoms with van der Waals surface area (Å²) in [4.78, 5) is 20.0. The summed E-state index contributed by atoms with van der Waals surface area (Å²) in [6, 6.07) is 5.63. The second-order valence-corrected chi connectivity index (χ2v) is 7.56. The molecule has 0 saturated heterocycles. The Morgan fingerprint density at radius 3 is 2.76 bits per heavy atom. The van der Waals surface area contributed by atoms with E-state index in [1.165, 1.54) is 19.0 Å². The highest BCUT2D eigenvalue weighted by Gasteiger charge is 2.43. The molecule has 0 bridgehead atoms. The van der Waals surface area contributed by atoms with Gasteiger partial charge in [-0.3, -0.25) is 4.98 Å². The van der Waals surface area contributed by atoms with Gasteiger partial charge in [-0.15, -0.1) is 0 Å². The normalized spacial score (nSPS) is 16.7. The van der Waals surface area contributed by atoms with Crippen LogP contribution in [0.5, 0.6) is 11.6 Å². The van der Waals surface area contributed by atoms with Crippen LogP contribution < -0.4 is 15.2 Å². The lowest BCUT2D eigenvalue weighted by atomic mass is 9.89. The zero-order valence-corrected chi connectivity index (χ0v) is 16.5. The molecule has 0 radical (unpaired) electrons. The van der Waals surface area contributed by atoms with Crippen molar-refractivity contribution >= 4 is 5.97 Å². The maximum absolute atomic E-state index is 11.8. The molecule has 0 aromatic carbocycles. The zero-order valence-electron chi connectivity index (χ0n) is 16.5. The number of aliphatic hydroxyl groups is 1. The molecule has 1 saturated carbocycles. The van der Waals surface area contributed by atoms with E-state index in [2.05, 4.69) is 9.97 Å². The topological polar surface area (TPSA) is 128 Å². The number of ether oxygens (including phenoxy) is 2. The molecule has 8 heteroatoms. The Labute approximate surface area is 169 Å². The molecule has 29 heavy (non-hydrogen) atoms. The van der Waals surface area contributed by atoms with E-state index < -0.39 is 17.6 Å². The average Bonchev–Trinajstić information content (AvgIpc) is 3.52. The number of aryl methyl sites for hydroxylation is 1. The van der Waals surface area contributed by atoms with E-state index in [-0.39, 0.29) is 13.0 Å². The van der Waals surface area contributed by atoms with Gasteiger partial charge >= 0.3 is 5.97 Å². The third-order valence-corrected chi connectivity index (χ3v) is 5.01. The monoisotopic (exact) mass is 401 g/mol. The van der Waals surface area contributed by atoms with E-state index in [4.69, 9.17) is 15.2 Å². The van der Waals surface area contributed by atoms with Crippen molar-refractivity contribution in [1.29, 1.82) is 0 Å². The minimum atomic E-state index is -2.25. The summed E-state index contributed by atoms with van der Waals surface area (Å²) in [5, 5.41) is 20.4. The number of aromatic nitrogens is 2.